The minimum atomic E-state index is -0.344. The van der Waals surface area contributed by atoms with Gasteiger partial charge in [-0.25, -0.2) is 4.79 Å². The smallest absolute Gasteiger partial charge is 0.334 e. The number of unbranched alkanes of at least 4 members (excludes halogenated alkanes) is 15. The molecule has 3 aliphatic rings. The summed E-state index contributed by atoms with van der Waals surface area (Å²) in [5.74, 6) is 0.0252. The molecule has 4 atom stereocenters. The molecule has 3 rings (SSSR count). The average Bonchev–Trinajstić information content (AvgIpc) is 3.34. The van der Waals surface area contributed by atoms with E-state index in [2.05, 4.69) is 27.4 Å². The Hall–Kier alpha value is -1.13. The van der Waals surface area contributed by atoms with Crippen molar-refractivity contribution in [1.29, 1.82) is 0 Å². The first-order valence-corrected chi connectivity index (χ1v) is 16.3. The predicted octanol–water partition coefficient (Wildman–Crippen LogP) is 9.62. The monoisotopic (exact) mass is 530 g/mol. The van der Waals surface area contributed by atoms with Crippen LogP contribution in [-0.4, -0.2) is 31.1 Å². The van der Waals surface area contributed by atoms with Crippen LogP contribution >= 0.6 is 0 Å². The van der Waals surface area contributed by atoms with Crippen molar-refractivity contribution in [2.75, 3.05) is 13.4 Å². The average molecular weight is 531 g/mol. The molecule has 1 aliphatic heterocycles. The van der Waals surface area contributed by atoms with Crippen LogP contribution in [0.5, 0.6) is 0 Å². The number of hydrogen-bond acceptors (Lipinski definition) is 4. The molecule has 0 aromatic rings. The summed E-state index contributed by atoms with van der Waals surface area (Å²) in [6.45, 7) is 11.9. The quantitative estimate of drug-likeness (QED) is 0.0517. The van der Waals surface area contributed by atoms with E-state index in [1.807, 2.05) is 0 Å². The van der Waals surface area contributed by atoms with Crippen LogP contribution in [0.1, 0.15) is 149 Å². The fourth-order valence-corrected chi connectivity index (χ4v) is 7.04. The van der Waals surface area contributed by atoms with Crippen molar-refractivity contribution in [2.24, 2.45) is 11.8 Å². The van der Waals surface area contributed by atoms with Crippen LogP contribution in [0, 0.1) is 11.8 Å². The van der Waals surface area contributed by atoms with Gasteiger partial charge in [0.05, 0.1) is 5.60 Å². The van der Waals surface area contributed by atoms with Crippen molar-refractivity contribution in [3.05, 3.63) is 23.3 Å². The molecule has 0 radical (unpaired) electrons. The number of ether oxygens (including phenoxy) is 3. The van der Waals surface area contributed by atoms with Gasteiger partial charge in [-0.15, -0.1) is 0 Å². The van der Waals surface area contributed by atoms with E-state index in [9.17, 15) is 4.79 Å². The Morgan fingerprint density at radius 1 is 0.868 bits per heavy atom. The molecule has 1 unspecified atom stereocenters. The van der Waals surface area contributed by atoms with E-state index in [4.69, 9.17) is 14.2 Å². The van der Waals surface area contributed by atoms with Gasteiger partial charge in [-0.3, -0.25) is 0 Å². The number of fused-ring (bicyclic) bond motifs is 3. The largest absolute Gasteiger partial charge is 0.458 e. The number of hydrogen-bond donors (Lipinski definition) is 0. The summed E-state index contributed by atoms with van der Waals surface area (Å²) >= 11 is 0. The van der Waals surface area contributed by atoms with Crippen molar-refractivity contribution < 1.29 is 19.0 Å². The van der Waals surface area contributed by atoms with Crippen LogP contribution < -0.4 is 0 Å². The number of carbonyl (C=O) groups is 1. The van der Waals surface area contributed by atoms with E-state index in [-0.39, 0.29) is 29.5 Å². The number of rotatable bonds is 20. The summed E-state index contributed by atoms with van der Waals surface area (Å²) < 4.78 is 18.2. The Morgan fingerprint density at radius 3 is 2.00 bits per heavy atom. The highest BCUT2D eigenvalue weighted by Crippen LogP contribution is 2.53. The third kappa shape index (κ3) is 9.22. The Kier molecular flexibility index (Phi) is 13.9. The van der Waals surface area contributed by atoms with Crippen molar-refractivity contribution in [1.82, 2.24) is 0 Å². The van der Waals surface area contributed by atoms with Gasteiger partial charge in [-0.2, -0.15) is 0 Å². The summed E-state index contributed by atoms with van der Waals surface area (Å²) in [5, 5.41) is 0. The lowest BCUT2D eigenvalue weighted by molar-refractivity contribution is -0.168. The lowest BCUT2D eigenvalue weighted by Crippen LogP contribution is -2.43. The number of esters is 1. The summed E-state index contributed by atoms with van der Waals surface area (Å²) in [7, 11) is 0. The number of allylic oxidation sites excluding steroid dienone is 1. The van der Waals surface area contributed by atoms with Gasteiger partial charge in [-0.1, -0.05) is 121 Å². The van der Waals surface area contributed by atoms with Crippen molar-refractivity contribution in [3.63, 3.8) is 0 Å². The molecule has 0 spiro atoms. The van der Waals surface area contributed by atoms with Crippen LogP contribution in [0.15, 0.2) is 23.3 Å². The van der Waals surface area contributed by atoms with E-state index in [1.54, 1.807) is 0 Å². The second-order valence-corrected chi connectivity index (χ2v) is 12.6. The maximum absolute atomic E-state index is 12.3. The zero-order chi connectivity index (χ0) is 27.2. The molecule has 0 N–H and O–H groups in total. The molecule has 1 saturated heterocycles. The van der Waals surface area contributed by atoms with E-state index in [1.165, 1.54) is 107 Å². The van der Waals surface area contributed by atoms with Gasteiger partial charge in [0.1, 0.15) is 12.9 Å². The molecular formula is C34H58O4. The van der Waals surface area contributed by atoms with E-state index in [0.29, 0.717) is 12.4 Å². The third-order valence-corrected chi connectivity index (χ3v) is 9.59. The number of carbonyl (C=O) groups excluding carboxylic acids is 1. The van der Waals surface area contributed by atoms with Crippen molar-refractivity contribution in [2.45, 2.75) is 161 Å². The SMILES string of the molecule is C=C1C(=O)OC2[C@H]1CCC(C)=C1CC[C@@](C)(OCOCCCCCCCCCCCCCCCCCC)[C@@H]12. The summed E-state index contributed by atoms with van der Waals surface area (Å²) in [6, 6.07) is 0. The van der Waals surface area contributed by atoms with Gasteiger partial charge in [-0.05, 0) is 46.0 Å². The minimum Gasteiger partial charge on any atom is -0.458 e. The Labute approximate surface area is 234 Å². The Balaban J connectivity index is 1.19. The Bertz CT molecular complexity index is 756. The molecule has 38 heavy (non-hydrogen) atoms. The second-order valence-electron chi connectivity index (χ2n) is 12.6. The fraction of sp³-hybridized carbons (Fsp3) is 0.853. The Morgan fingerprint density at radius 2 is 1.42 bits per heavy atom. The van der Waals surface area contributed by atoms with Gasteiger partial charge in [0.15, 0.2) is 0 Å². The van der Waals surface area contributed by atoms with E-state index < -0.39 is 0 Å². The normalized spacial score (nSPS) is 27.0. The fourth-order valence-electron chi connectivity index (χ4n) is 7.04. The van der Waals surface area contributed by atoms with Gasteiger partial charge in [0.25, 0.3) is 0 Å². The van der Waals surface area contributed by atoms with Crippen LogP contribution in [0.4, 0.5) is 0 Å². The van der Waals surface area contributed by atoms with Gasteiger partial charge in [0.2, 0.25) is 0 Å². The topological polar surface area (TPSA) is 44.8 Å². The van der Waals surface area contributed by atoms with Crippen LogP contribution in [0.25, 0.3) is 0 Å². The van der Waals surface area contributed by atoms with Gasteiger partial charge < -0.3 is 14.2 Å². The summed E-state index contributed by atoms with van der Waals surface area (Å²) in [5.41, 5.74) is 3.21. The molecule has 4 heteroatoms. The zero-order valence-electron chi connectivity index (χ0n) is 25.1. The van der Waals surface area contributed by atoms with Gasteiger partial charge in [0, 0.05) is 24.0 Å². The van der Waals surface area contributed by atoms with Crippen LogP contribution in [0.3, 0.4) is 0 Å². The van der Waals surface area contributed by atoms with E-state index in [0.717, 1.165) is 38.7 Å². The molecule has 0 amide bonds. The van der Waals surface area contributed by atoms with Crippen LogP contribution in [-0.2, 0) is 19.0 Å². The molecule has 1 saturated carbocycles. The maximum Gasteiger partial charge on any atom is 0.334 e. The first kappa shape index (κ1) is 31.4. The standard InChI is InChI=1S/C34H58O4/c1-5-6-7-8-9-10-11-12-13-14-15-16-17-18-19-20-25-36-26-37-34(4)24-23-29-27(2)21-22-30-28(3)33(35)38-32(30)31(29)34/h30-32H,3,5-26H2,1-2,4H3/t30-,31-,32?,34+/m0/s1. The lowest BCUT2D eigenvalue weighted by Gasteiger charge is -2.36. The van der Waals surface area contributed by atoms with Crippen molar-refractivity contribution in [3.8, 4) is 0 Å². The first-order chi connectivity index (χ1) is 18.5. The highest BCUT2D eigenvalue weighted by molar-refractivity contribution is 5.91. The molecule has 0 aromatic carbocycles. The molecule has 2 aliphatic carbocycles. The van der Waals surface area contributed by atoms with Crippen molar-refractivity contribution >= 4 is 5.97 Å². The second kappa shape index (κ2) is 16.9. The molecule has 1 heterocycles. The lowest BCUT2D eigenvalue weighted by atomic mass is 9.79. The third-order valence-electron chi connectivity index (χ3n) is 9.59. The molecule has 218 valence electrons. The maximum atomic E-state index is 12.3. The first-order valence-electron chi connectivity index (χ1n) is 16.3. The van der Waals surface area contributed by atoms with E-state index >= 15 is 0 Å². The highest BCUT2D eigenvalue weighted by Gasteiger charge is 2.55. The molecule has 0 bridgehead atoms. The molecule has 0 aromatic heterocycles. The van der Waals surface area contributed by atoms with Crippen LogP contribution in [0.2, 0.25) is 0 Å². The summed E-state index contributed by atoms with van der Waals surface area (Å²) in [6.07, 6.45) is 25.9. The highest BCUT2D eigenvalue weighted by atomic mass is 16.7. The van der Waals surface area contributed by atoms with Gasteiger partial charge >= 0.3 is 5.97 Å². The summed E-state index contributed by atoms with van der Waals surface area (Å²) in [4.78, 5) is 12.3. The predicted molar refractivity (Wildman–Crippen MR) is 157 cm³/mol. The zero-order valence-corrected chi connectivity index (χ0v) is 25.1. The molecule has 2 fully saturated rings. The molecule has 4 nitrogen and oxygen atoms in total. The minimum absolute atomic E-state index is 0.118. The molecular weight excluding hydrogens is 472 g/mol.